The van der Waals surface area contributed by atoms with Crippen LogP contribution >= 0.6 is 27.5 Å². The topological polar surface area (TPSA) is 80.5 Å². The van der Waals surface area contributed by atoms with Gasteiger partial charge in [0.2, 0.25) is 5.91 Å². The molecule has 1 saturated heterocycles. The highest BCUT2D eigenvalue weighted by Gasteiger charge is 2.23. The maximum absolute atomic E-state index is 12.1. The number of rotatable bonds is 7. The van der Waals surface area contributed by atoms with Crippen LogP contribution < -0.4 is 10.6 Å². The number of carbonyl (C=O) groups is 1. The van der Waals surface area contributed by atoms with Crippen molar-refractivity contribution in [3.8, 4) is 11.3 Å². The Bertz CT molecular complexity index is 1320. The zero-order valence-corrected chi connectivity index (χ0v) is 20.6. The molecule has 7 nitrogen and oxygen atoms in total. The summed E-state index contributed by atoms with van der Waals surface area (Å²) in [6.45, 7) is 1.75. The van der Waals surface area contributed by atoms with Crippen molar-refractivity contribution < 1.29 is 9.53 Å². The number of anilines is 1. The second kappa shape index (κ2) is 10.1. The van der Waals surface area contributed by atoms with E-state index in [0.29, 0.717) is 30.4 Å². The molecular formula is C25H23BrClN5O2. The van der Waals surface area contributed by atoms with Crippen LogP contribution in [0, 0.1) is 0 Å². The summed E-state index contributed by atoms with van der Waals surface area (Å²) in [6, 6.07) is 17.7. The molecule has 2 N–H and O–H groups in total. The summed E-state index contributed by atoms with van der Waals surface area (Å²) in [7, 11) is 0. The summed E-state index contributed by atoms with van der Waals surface area (Å²) in [5.41, 5.74) is 4.47. The maximum atomic E-state index is 12.1. The second-order valence-electron chi connectivity index (χ2n) is 8.12. The van der Waals surface area contributed by atoms with Gasteiger partial charge < -0.3 is 15.4 Å². The minimum atomic E-state index is -0.307. The van der Waals surface area contributed by atoms with Crippen LogP contribution in [0.3, 0.4) is 0 Å². The Kier molecular flexibility index (Phi) is 6.80. The molecular weight excluding hydrogens is 518 g/mol. The SMILES string of the molecule is O=C(NCc1ccc(CNc2cc(-c3ccccc3Cl)nc3c(Br)cnn23)cc1)C1CCCO1. The van der Waals surface area contributed by atoms with E-state index in [-0.39, 0.29) is 12.0 Å². The molecule has 0 radical (unpaired) electrons. The van der Waals surface area contributed by atoms with E-state index in [4.69, 9.17) is 21.3 Å². The number of halogens is 2. The first-order valence-electron chi connectivity index (χ1n) is 11.1. The first-order valence-corrected chi connectivity index (χ1v) is 12.3. The van der Waals surface area contributed by atoms with Gasteiger partial charge >= 0.3 is 0 Å². The zero-order valence-electron chi connectivity index (χ0n) is 18.3. The molecule has 0 aliphatic carbocycles. The Balaban J connectivity index is 1.29. The molecule has 1 atom stereocenters. The van der Waals surface area contributed by atoms with Gasteiger partial charge in [-0.05, 0) is 46.0 Å². The van der Waals surface area contributed by atoms with Crippen LogP contribution in [0.15, 0.2) is 65.3 Å². The van der Waals surface area contributed by atoms with Crippen molar-refractivity contribution in [1.82, 2.24) is 19.9 Å². The van der Waals surface area contributed by atoms with Gasteiger partial charge in [0.25, 0.3) is 0 Å². The van der Waals surface area contributed by atoms with Crippen LogP contribution in [-0.2, 0) is 22.6 Å². The molecule has 0 bridgehead atoms. The molecule has 1 fully saturated rings. The van der Waals surface area contributed by atoms with Gasteiger partial charge in [0.1, 0.15) is 11.9 Å². The van der Waals surface area contributed by atoms with E-state index in [9.17, 15) is 4.79 Å². The smallest absolute Gasteiger partial charge is 0.249 e. The third kappa shape index (κ3) is 4.94. The van der Waals surface area contributed by atoms with Crippen molar-refractivity contribution in [2.45, 2.75) is 32.0 Å². The van der Waals surface area contributed by atoms with Crippen molar-refractivity contribution >= 4 is 44.9 Å². The number of hydrogen-bond donors (Lipinski definition) is 2. The normalized spacial score (nSPS) is 15.5. The van der Waals surface area contributed by atoms with Gasteiger partial charge in [-0.15, -0.1) is 0 Å². The number of carbonyl (C=O) groups excluding carboxylic acids is 1. The van der Waals surface area contributed by atoms with Gasteiger partial charge in [0.05, 0.1) is 16.4 Å². The van der Waals surface area contributed by atoms with Crippen molar-refractivity contribution in [3.05, 3.63) is 81.4 Å². The van der Waals surface area contributed by atoms with Crippen molar-refractivity contribution in [2.24, 2.45) is 0 Å². The first-order chi connectivity index (χ1) is 16.6. The third-order valence-electron chi connectivity index (χ3n) is 5.76. The average molecular weight is 541 g/mol. The van der Waals surface area contributed by atoms with Gasteiger partial charge in [-0.25, -0.2) is 4.98 Å². The van der Waals surface area contributed by atoms with Gasteiger partial charge in [-0.2, -0.15) is 9.61 Å². The van der Waals surface area contributed by atoms with E-state index in [1.165, 1.54) is 0 Å². The summed E-state index contributed by atoms with van der Waals surface area (Å²) in [6.07, 6.45) is 3.16. The molecule has 1 aliphatic rings. The molecule has 2 aromatic heterocycles. The van der Waals surface area contributed by atoms with Crippen LogP contribution in [0.2, 0.25) is 5.02 Å². The Morgan fingerprint density at radius 3 is 2.65 bits per heavy atom. The monoisotopic (exact) mass is 539 g/mol. The highest BCUT2D eigenvalue weighted by Crippen LogP contribution is 2.30. The quantitative estimate of drug-likeness (QED) is 0.336. The molecule has 174 valence electrons. The Hall–Kier alpha value is -2.94. The van der Waals surface area contributed by atoms with Crippen molar-refractivity contribution in [1.29, 1.82) is 0 Å². The lowest BCUT2D eigenvalue weighted by molar-refractivity contribution is -0.130. The lowest BCUT2D eigenvalue weighted by Gasteiger charge is -2.13. The number of benzene rings is 2. The van der Waals surface area contributed by atoms with E-state index < -0.39 is 0 Å². The number of aromatic nitrogens is 3. The minimum absolute atomic E-state index is 0.0374. The van der Waals surface area contributed by atoms with Crippen LogP contribution in [0.4, 0.5) is 5.82 Å². The molecule has 3 heterocycles. The van der Waals surface area contributed by atoms with E-state index in [1.807, 2.05) is 54.6 Å². The zero-order chi connectivity index (χ0) is 23.5. The fraction of sp³-hybridized carbons (Fsp3) is 0.240. The van der Waals surface area contributed by atoms with E-state index in [0.717, 1.165) is 45.5 Å². The van der Waals surface area contributed by atoms with Gasteiger partial charge in [-0.1, -0.05) is 54.1 Å². The second-order valence-corrected chi connectivity index (χ2v) is 9.39. The van der Waals surface area contributed by atoms with Crippen LogP contribution in [0.1, 0.15) is 24.0 Å². The van der Waals surface area contributed by atoms with Gasteiger partial charge in [-0.3, -0.25) is 4.79 Å². The molecule has 2 aromatic carbocycles. The Morgan fingerprint density at radius 1 is 1.15 bits per heavy atom. The summed E-state index contributed by atoms with van der Waals surface area (Å²) in [4.78, 5) is 16.9. The van der Waals surface area contributed by atoms with Crippen molar-refractivity contribution in [2.75, 3.05) is 11.9 Å². The number of fused-ring (bicyclic) bond motifs is 1. The van der Waals surface area contributed by atoms with E-state index in [1.54, 1.807) is 10.7 Å². The lowest BCUT2D eigenvalue weighted by Crippen LogP contribution is -2.33. The summed E-state index contributed by atoms with van der Waals surface area (Å²) >= 11 is 9.95. The lowest BCUT2D eigenvalue weighted by atomic mass is 10.1. The minimum Gasteiger partial charge on any atom is -0.368 e. The average Bonchev–Trinajstić information content (AvgIpc) is 3.53. The summed E-state index contributed by atoms with van der Waals surface area (Å²) in [5.74, 6) is 0.767. The molecule has 34 heavy (non-hydrogen) atoms. The van der Waals surface area contributed by atoms with E-state index >= 15 is 0 Å². The summed E-state index contributed by atoms with van der Waals surface area (Å²) < 4.78 is 8.00. The molecule has 9 heteroatoms. The Morgan fingerprint density at radius 2 is 1.91 bits per heavy atom. The molecule has 1 amide bonds. The van der Waals surface area contributed by atoms with E-state index in [2.05, 4.69) is 31.7 Å². The number of nitrogens with one attached hydrogen (secondary N) is 2. The Labute approximate surface area is 210 Å². The predicted molar refractivity (Wildman–Crippen MR) is 136 cm³/mol. The molecule has 5 rings (SSSR count). The molecule has 0 spiro atoms. The largest absolute Gasteiger partial charge is 0.368 e. The number of nitrogens with zero attached hydrogens (tertiary/aromatic N) is 3. The van der Waals surface area contributed by atoms with Crippen LogP contribution in [0.5, 0.6) is 0 Å². The standard InChI is InChI=1S/C25H23BrClN5O2/c26-19-15-30-32-23(12-21(31-24(19)32)18-4-1-2-5-20(18)27)28-13-16-7-9-17(10-8-16)14-29-25(33)22-6-3-11-34-22/h1-2,4-5,7-10,12,15,22,28H,3,6,11,13-14H2,(H,29,33). The van der Waals surface area contributed by atoms with Gasteiger partial charge in [0.15, 0.2) is 5.65 Å². The number of amides is 1. The molecule has 1 unspecified atom stereocenters. The van der Waals surface area contributed by atoms with Crippen LogP contribution in [0.25, 0.3) is 16.9 Å². The highest BCUT2D eigenvalue weighted by atomic mass is 79.9. The molecule has 4 aromatic rings. The maximum Gasteiger partial charge on any atom is 0.249 e. The van der Waals surface area contributed by atoms with Crippen LogP contribution in [-0.4, -0.2) is 33.2 Å². The first kappa shape index (κ1) is 22.8. The van der Waals surface area contributed by atoms with Crippen molar-refractivity contribution in [3.63, 3.8) is 0 Å². The van der Waals surface area contributed by atoms with Gasteiger partial charge in [0, 0.05) is 36.3 Å². The number of hydrogen-bond acceptors (Lipinski definition) is 5. The third-order valence-corrected chi connectivity index (χ3v) is 6.65. The fourth-order valence-electron chi connectivity index (χ4n) is 3.92. The predicted octanol–water partition coefficient (Wildman–Crippen LogP) is 5.22. The highest BCUT2D eigenvalue weighted by molar-refractivity contribution is 9.10. The fourth-order valence-corrected chi connectivity index (χ4v) is 4.50. The number of ether oxygens (including phenoxy) is 1. The molecule has 0 saturated carbocycles. The molecule has 1 aliphatic heterocycles. The summed E-state index contributed by atoms with van der Waals surface area (Å²) in [5, 5.41) is 11.5.